The van der Waals surface area contributed by atoms with Crippen molar-refractivity contribution < 1.29 is 9.59 Å². The molecular formula is C15H13ClN2O2S. The molecule has 0 spiro atoms. The number of nitrogens with one attached hydrogen (secondary N) is 1. The largest absolute Gasteiger partial charge is 0.299 e. The molecule has 1 aliphatic carbocycles. The standard InChI is InChI=1S/C15H13ClN2O2S/c16-13-11-6-1-2-7-12(11)21-14(13)15(20)18-17-9-4-3-5-10(19)8-9/h1-2,6-7H,3-5,8H2,(H,18,20)/b17-9-. The van der Waals surface area contributed by atoms with Crippen LogP contribution < -0.4 is 5.43 Å². The first kappa shape index (κ1) is 14.2. The van der Waals surface area contributed by atoms with Crippen LogP contribution >= 0.6 is 22.9 Å². The van der Waals surface area contributed by atoms with Crippen LogP contribution in [0.15, 0.2) is 29.4 Å². The van der Waals surface area contributed by atoms with Gasteiger partial charge in [-0.2, -0.15) is 5.10 Å². The third-order valence-corrected chi connectivity index (χ3v) is 5.05. The van der Waals surface area contributed by atoms with Crippen molar-refractivity contribution in [1.29, 1.82) is 0 Å². The van der Waals surface area contributed by atoms with Crippen molar-refractivity contribution in [2.75, 3.05) is 0 Å². The molecule has 108 valence electrons. The van der Waals surface area contributed by atoms with E-state index in [2.05, 4.69) is 10.5 Å². The molecule has 0 unspecified atom stereocenters. The van der Waals surface area contributed by atoms with E-state index in [0.717, 1.165) is 28.6 Å². The van der Waals surface area contributed by atoms with E-state index in [-0.39, 0.29) is 11.7 Å². The highest BCUT2D eigenvalue weighted by Crippen LogP contribution is 2.34. The summed E-state index contributed by atoms with van der Waals surface area (Å²) in [5.74, 6) is -0.152. The summed E-state index contributed by atoms with van der Waals surface area (Å²) >= 11 is 7.58. The lowest BCUT2D eigenvalue weighted by Gasteiger charge is -2.11. The van der Waals surface area contributed by atoms with Gasteiger partial charge in [-0.15, -0.1) is 11.3 Å². The third-order valence-electron chi connectivity index (χ3n) is 3.38. The number of rotatable bonds is 2. The number of carbonyl (C=O) groups excluding carboxylic acids is 2. The predicted octanol–water partition coefficient (Wildman–Crippen LogP) is 3.78. The van der Waals surface area contributed by atoms with E-state index in [9.17, 15) is 9.59 Å². The van der Waals surface area contributed by atoms with Gasteiger partial charge in [-0.05, 0) is 18.9 Å². The summed E-state index contributed by atoms with van der Waals surface area (Å²) in [5.41, 5.74) is 3.25. The van der Waals surface area contributed by atoms with E-state index in [1.807, 2.05) is 24.3 Å². The predicted molar refractivity (Wildman–Crippen MR) is 85.2 cm³/mol. The second kappa shape index (κ2) is 5.95. The summed E-state index contributed by atoms with van der Waals surface area (Å²) in [7, 11) is 0. The van der Waals surface area contributed by atoms with E-state index in [0.29, 0.717) is 22.7 Å². The van der Waals surface area contributed by atoms with Gasteiger partial charge in [-0.3, -0.25) is 9.59 Å². The summed E-state index contributed by atoms with van der Waals surface area (Å²) in [6.07, 6.45) is 2.50. The lowest BCUT2D eigenvalue weighted by atomic mass is 9.97. The first-order chi connectivity index (χ1) is 10.1. The van der Waals surface area contributed by atoms with Gasteiger partial charge in [0.1, 0.15) is 10.7 Å². The number of halogens is 1. The number of carbonyl (C=O) groups is 2. The molecular weight excluding hydrogens is 308 g/mol. The first-order valence-corrected chi connectivity index (χ1v) is 7.89. The Kier molecular flexibility index (Phi) is 4.03. The van der Waals surface area contributed by atoms with Crippen LogP contribution in [-0.2, 0) is 4.79 Å². The highest BCUT2D eigenvalue weighted by molar-refractivity contribution is 7.21. The average molecular weight is 321 g/mol. The molecule has 1 aromatic heterocycles. The number of thiophene rings is 1. The fourth-order valence-electron chi connectivity index (χ4n) is 2.33. The zero-order valence-corrected chi connectivity index (χ0v) is 12.8. The van der Waals surface area contributed by atoms with Gasteiger partial charge < -0.3 is 0 Å². The number of ketones is 1. The van der Waals surface area contributed by atoms with E-state index in [1.54, 1.807) is 0 Å². The van der Waals surface area contributed by atoms with Crippen LogP contribution in [-0.4, -0.2) is 17.4 Å². The molecule has 1 aromatic carbocycles. The number of hydrogen-bond donors (Lipinski definition) is 1. The quantitative estimate of drug-likeness (QED) is 0.856. The van der Waals surface area contributed by atoms with Gasteiger partial charge in [0.25, 0.3) is 5.91 Å². The molecule has 0 atom stereocenters. The van der Waals surface area contributed by atoms with E-state index >= 15 is 0 Å². The molecule has 1 fully saturated rings. The number of Topliss-reactive ketones (excluding diaryl/α,β-unsaturated/α-hetero) is 1. The highest BCUT2D eigenvalue weighted by atomic mass is 35.5. The Bertz CT molecular complexity index is 751. The molecule has 0 aliphatic heterocycles. The van der Waals surface area contributed by atoms with Gasteiger partial charge in [0.05, 0.1) is 5.02 Å². The summed E-state index contributed by atoms with van der Waals surface area (Å²) < 4.78 is 0.966. The summed E-state index contributed by atoms with van der Waals surface area (Å²) in [5, 5.41) is 5.39. The third kappa shape index (κ3) is 2.99. The second-order valence-electron chi connectivity index (χ2n) is 4.93. The molecule has 0 bridgehead atoms. The number of fused-ring (bicyclic) bond motifs is 1. The number of hydrazone groups is 1. The number of benzene rings is 1. The van der Waals surface area contributed by atoms with Crippen LogP contribution in [0.2, 0.25) is 5.02 Å². The van der Waals surface area contributed by atoms with Gasteiger partial charge in [0.2, 0.25) is 0 Å². The minimum atomic E-state index is -0.327. The fraction of sp³-hybridized carbons (Fsp3) is 0.267. The Balaban J connectivity index is 1.79. The minimum absolute atomic E-state index is 0.175. The maximum Gasteiger partial charge on any atom is 0.283 e. The minimum Gasteiger partial charge on any atom is -0.299 e. The maximum atomic E-state index is 12.2. The fourth-order valence-corrected chi connectivity index (χ4v) is 3.74. The first-order valence-electron chi connectivity index (χ1n) is 6.69. The van der Waals surface area contributed by atoms with Crippen molar-refractivity contribution in [3.63, 3.8) is 0 Å². The molecule has 1 amide bonds. The number of hydrogen-bond acceptors (Lipinski definition) is 4. The highest BCUT2D eigenvalue weighted by Gasteiger charge is 2.18. The van der Waals surface area contributed by atoms with E-state index < -0.39 is 0 Å². The summed E-state index contributed by atoms with van der Waals surface area (Å²) in [4.78, 5) is 24.0. The molecule has 4 nitrogen and oxygen atoms in total. The summed E-state index contributed by atoms with van der Waals surface area (Å²) in [6.45, 7) is 0. The van der Waals surface area contributed by atoms with Gasteiger partial charge in [-0.25, -0.2) is 5.43 Å². The smallest absolute Gasteiger partial charge is 0.283 e. The lowest BCUT2D eigenvalue weighted by Crippen LogP contribution is -2.22. The number of amides is 1. The van der Waals surface area contributed by atoms with Gasteiger partial charge in [0.15, 0.2) is 0 Å². The van der Waals surface area contributed by atoms with Crippen molar-refractivity contribution in [2.45, 2.75) is 25.7 Å². The molecule has 21 heavy (non-hydrogen) atoms. The maximum absolute atomic E-state index is 12.2. The van der Waals surface area contributed by atoms with Crippen LogP contribution in [0.1, 0.15) is 35.4 Å². The Morgan fingerprint density at radius 1 is 1.29 bits per heavy atom. The van der Waals surface area contributed by atoms with E-state index in [1.165, 1.54) is 11.3 Å². The SMILES string of the molecule is O=C1CCC/C(=N/NC(=O)c2sc3ccccc3c2Cl)C1. The molecule has 0 saturated heterocycles. The zero-order valence-electron chi connectivity index (χ0n) is 11.2. The number of nitrogens with zero attached hydrogens (tertiary/aromatic N) is 1. The van der Waals surface area contributed by atoms with Crippen LogP contribution in [0.5, 0.6) is 0 Å². The molecule has 3 rings (SSSR count). The second-order valence-corrected chi connectivity index (χ2v) is 6.36. The molecule has 6 heteroatoms. The van der Waals surface area contributed by atoms with Crippen molar-refractivity contribution in [3.05, 3.63) is 34.2 Å². The Labute approximate surface area is 130 Å². The van der Waals surface area contributed by atoms with Crippen LogP contribution in [0.4, 0.5) is 0 Å². The molecule has 1 N–H and O–H groups in total. The van der Waals surface area contributed by atoms with Gasteiger partial charge >= 0.3 is 0 Å². The molecule has 1 aliphatic rings. The Hall–Kier alpha value is -1.72. The topological polar surface area (TPSA) is 58.5 Å². The van der Waals surface area contributed by atoms with Crippen molar-refractivity contribution in [2.24, 2.45) is 5.10 Å². The van der Waals surface area contributed by atoms with Crippen LogP contribution in [0, 0.1) is 0 Å². The normalized spacial score (nSPS) is 17.4. The monoisotopic (exact) mass is 320 g/mol. The molecule has 1 saturated carbocycles. The van der Waals surface area contributed by atoms with Gasteiger partial charge in [-0.1, -0.05) is 29.8 Å². The average Bonchev–Trinajstić information content (AvgIpc) is 2.83. The van der Waals surface area contributed by atoms with Gasteiger partial charge in [0, 0.05) is 28.6 Å². The van der Waals surface area contributed by atoms with Crippen molar-refractivity contribution >= 4 is 50.4 Å². The Morgan fingerprint density at radius 3 is 2.86 bits per heavy atom. The summed E-state index contributed by atoms with van der Waals surface area (Å²) in [6, 6.07) is 7.60. The molecule has 0 radical (unpaired) electrons. The van der Waals surface area contributed by atoms with Crippen LogP contribution in [0.3, 0.4) is 0 Å². The zero-order chi connectivity index (χ0) is 14.8. The van der Waals surface area contributed by atoms with Crippen molar-refractivity contribution in [3.8, 4) is 0 Å². The molecule has 1 heterocycles. The lowest BCUT2D eigenvalue weighted by molar-refractivity contribution is -0.118. The Morgan fingerprint density at radius 2 is 2.10 bits per heavy atom. The van der Waals surface area contributed by atoms with Crippen molar-refractivity contribution in [1.82, 2.24) is 5.43 Å². The van der Waals surface area contributed by atoms with E-state index in [4.69, 9.17) is 11.6 Å². The van der Waals surface area contributed by atoms with Crippen LogP contribution in [0.25, 0.3) is 10.1 Å². The molecule has 2 aromatic rings.